The summed E-state index contributed by atoms with van der Waals surface area (Å²) < 4.78 is 6.57. The van der Waals surface area contributed by atoms with Crippen molar-refractivity contribution in [3.63, 3.8) is 0 Å². The maximum absolute atomic E-state index is 6.57. The zero-order valence-electron chi connectivity index (χ0n) is 13.3. The van der Waals surface area contributed by atoms with Crippen molar-refractivity contribution in [1.82, 2.24) is 0 Å². The summed E-state index contributed by atoms with van der Waals surface area (Å²) in [7, 11) is 0. The number of ether oxygens (including phenoxy) is 1. The Morgan fingerprint density at radius 1 is 0.947 bits per heavy atom. The first-order chi connectivity index (χ1) is 8.69. The van der Waals surface area contributed by atoms with E-state index in [1.807, 2.05) is 0 Å². The molecule has 1 aromatic carbocycles. The highest BCUT2D eigenvalue weighted by atomic mass is 16.5. The maximum atomic E-state index is 6.57. The van der Waals surface area contributed by atoms with Gasteiger partial charge in [-0.3, -0.25) is 0 Å². The molecule has 1 aliphatic heterocycles. The maximum Gasteiger partial charge on any atom is 0.0879 e. The molecule has 1 heterocycles. The normalized spacial score (nSPS) is 24.7. The summed E-state index contributed by atoms with van der Waals surface area (Å²) in [5, 5.41) is 0. The molecule has 0 saturated heterocycles. The smallest absolute Gasteiger partial charge is 0.0879 e. The fourth-order valence-electron chi connectivity index (χ4n) is 2.92. The van der Waals surface area contributed by atoms with Crippen LogP contribution in [0.15, 0.2) is 24.3 Å². The third-order valence-corrected chi connectivity index (χ3v) is 4.07. The van der Waals surface area contributed by atoms with Crippen LogP contribution in [0.4, 0.5) is 0 Å². The summed E-state index contributed by atoms with van der Waals surface area (Å²) in [5.74, 6) is 0. The molecule has 0 fully saturated rings. The van der Waals surface area contributed by atoms with Crippen LogP contribution < -0.4 is 0 Å². The predicted molar refractivity (Wildman–Crippen MR) is 81.3 cm³/mol. The largest absolute Gasteiger partial charge is 0.369 e. The number of hydrogen-bond donors (Lipinski definition) is 0. The highest BCUT2D eigenvalue weighted by molar-refractivity contribution is 5.31. The molecule has 0 spiro atoms. The second-order valence-electron chi connectivity index (χ2n) is 7.97. The number of hydrogen-bond acceptors (Lipinski definition) is 1. The van der Waals surface area contributed by atoms with E-state index in [1.54, 1.807) is 0 Å². The van der Waals surface area contributed by atoms with Crippen molar-refractivity contribution in [1.29, 1.82) is 0 Å². The Kier molecular flexibility index (Phi) is 3.79. The molecule has 2 rings (SSSR count). The standard InChI is InChI=1S/C18H28O/c1-17(2,3)15-12-11-13-9-7-8-10-14(13)16(19-15)18(4,5)6/h7-10,15-16H,11-12H2,1-6H3/t15-,16+/m0/s1. The number of fused-ring (bicyclic) bond motifs is 1. The van der Waals surface area contributed by atoms with Gasteiger partial charge in [0.15, 0.2) is 0 Å². The summed E-state index contributed by atoms with van der Waals surface area (Å²) in [6, 6.07) is 8.80. The number of benzene rings is 1. The van der Waals surface area contributed by atoms with Crippen LogP contribution in [0.25, 0.3) is 0 Å². The van der Waals surface area contributed by atoms with Gasteiger partial charge in [-0.2, -0.15) is 0 Å². The molecule has 1 nitrogen and oxygen atoms in total. The molecule has 0 aliphatic carbocycles. The van der Waals surface area contributed by atoms with Crippen molar-refractivity contribution in [2.45, 2.75) is 66.6 Å². The molecular formula is C18H28O. The average molecular weight is 260 g/mol. The Morgan fingerprint density at radius 2 is 1.58 bits per heavy atom. The van der Waals surface area contributed by atoms with Gasteiger partial charge in [-0.1, -0.05) is 65.8 Å². The van der Waals surface area contributed by atoms with E-state index in [4.69, 9.17) is 4.74 Å². The highest BCUT2D eigenvalue weighted by Crippen LogP contribution is 2.44. The van der Waals surface area contributed by atoms with Gasteiger partial charge >= 0.3 is 0 Å². The fraction of sp³-hybridized carbons (Fsp3) is 0.667. The lowest BCUT2D eigenvalue weighted by atomic mass is 9.82. The van der Waals surface area contributed by atoms with Crippen molar-refractivity contribution >= 4 is 0 Å². The van der Waals surface area contributed by atoms with Gasteiger partial charge < -0.3 is 4.74 Å². The van der Waals surface area contributed by atoms with E-state index in [1.165, 1.54) is 11.1 Å². The lowest BCUT2D eigenvalue weighted by Gasteiger charge is -2.37. The Balaban J connectivity index is 2.41. The van der Waals surface area contributed by atoms with Gasteiger partial charge in [-0.25, -0.2) is 0 Å². The van der Waals surface area contributed by atoms with Crippen LogP contribution in [0.5, 0.6) is 0 Å². The molecule has 0 radical (unpaired) electrons. The van der Waals surface area contributed by atoms with Gasteiger partial charge in [0.1, 0.15) is 0 Å². The van der Waals surface area contributed by atoms with Crippen LogP contribution >= 0.6 is 0 Å². The zero-order chi connectivity index (χ0) is 14.3. The third-order valence-electron chi connectivity index (χ3n) is 4.07. The summed E-state index contributed by atoms with van der Waals surface area (Å²) in [5.41, 5.74) is 3.19. The lowest BCUT2D eigenvalue weighted by Crippen LogP contribution is -2.33. The van der Waals surface area contributed by atoms with Gasteiger partial charge in [0.2, 0.25) is 0 Å². The molecule has 1 aromatic rings. The summed E-state index contributed by atoms with van der Waals surface area (Å²) in [6.07, 6.45) is 2.76. The van der Waals surface area contributed by atoms with Gasteiger partial charge in [0.05, 0.1) is 12.2 Å². The predicted octanol–water partition coefficient (Wildman–Crippen LogP) is 5.15. The fourth-order valence-corrected chi connectivity index (χ4v) is 2.92. The van der Waals surface area contributed by atoms with Crippen LogP contribution in [-0.2, 0) is 11.2 Å². The van der Waals surface area contributed by atoms with E-state index in [2.05, 4.69) is 65.8 Å². The molecule has 0 saturated carbocycles. The van der Waals surface area contributed by atoms with Crippen molar-refractivity contribution < 1.29 is 4.74 Å². The molecule has 0 amide bonds. The molecule has 2 atom stereocenters. The van der Waals surface area contributed by atoms with Crippen molar-refractivity contribution in [3.8, 4) is 0 Å². The molecule has 0 bridgehead atoms. The van der Waals surface area contributed by atoms with Crippen molar-refractivity contribution in [3.05, 3.63) is 35.4 Å². The van der Waals surface area contributed by atoms with E-state index in [0.717, 1.165) is 12.8 Å². The van der Waals surface area contributed by atoms with Crippen molar-refractivity contribution in [2.24, 2.45) is 10.8 Å². The Labute approximate surface area is 118 Å². The van der Waals surface area contributed by atoms with Gasteiger partial charge in [-0.15, -0.1) is 0 Å². The van der Waals surface area contributed by atoms with Gasteiger partial charge in [0.25, 0.3) is 0 Å². The zero-order valence-corrected chi connectivity index (χ0v) is 13.3. The SMILES string of the molecule is CC(C)(C)[C@@H]1CCc2ccccc2[C@H](C(C)(C)C)O1. The average Bonchev–Trinajstić information content (AvgIpc) is 2.46. The Bertz CT molecular complexity index is 434. The van der Waals surface area contributed by atoms with Crippen LogP contribution in [-0.4, -0.2) is 6.10 Å². The van der Waals surface area contributed by atoms with Crippen LogP contribution in [0.2, 0.25) is 0 Å². The topological polar surface area (TPSA) is 9.23 Å². The monoisotopic (exact) mass is 260 g/mol. The first-order valence-electron chi connectivity index (χ1n) is 7.43. The molecule has 0 N–H and O–H groups in total. The molecule has 0 aromatic heterocycles. The minimum absolute atomic E-state index is 0.129. The Morgan fingerprint density at radius 3 is 2.16 bits per heavy atom. The minimum atomic E-state index is 0.129. The van der Waals surface area contributed by atoms with E-state index in [0.29, 0.717) is 6.10 Å². The molecule has 1 heteroatoms. The van der Waals surface area contributed by atoms with E-state index in [-0.39, 0.29) is 16.9 Å². The van der Waals surface area contributed by atoms with Gasteiger partial charge in [-0.05, 0) is 34.8 Å². The van der Waals surface area contributed by atoms with Crippen molar-refractivity contribution in [2.75, 3.05) is 0 Å². The summed E-state index contributed by atoms with van der Waals surface area (Å²) >= 11 is 0. The second kappa shape index (κ2) is 4.94. The third kappa shape index (κ3) is 3.20. The molecule has 19 heavy (non-hydrogen) atoms. The Hall–Kier alpha value is -0.820. The first-order valence-corrected chi connectivity index (χ1v) is 7.43. The van der Waals surface area contributed by atoms with Gasteiger partial charge in [0, 0.05) is 0 Å². The first kappa shape index (κ1) is 14.6. The highest BCUT2D eigenvalue weighted by Gasteiger charge is 2.37. The quantitative estimate of drug-likeness (QED) is 0.626. The van der Waals surface area contributed by atoms with E-state index in [9.17, 15) is 0 Å². The lowest BCUT2D eigenvalue weighted by molar-refractivity contribution is -0.108. The summed E-state index contributed by atoms with van der Waals surface area (Å²) in [4.78, 5) is 0. The molecule has 106 valence electrons. The van der Waals surface area contributed by atoms with E-state index < -0.39 is 0 Å². The van der Waals surface area contributed by atoms with Crippen LogP contribution in [0.3, 0.4) is 0 Å². The van der Waals surface area contributed by atoms with Crippen LogP contribution in [0, 0.1) is 10.8 Å². The summed E-state index contributed by atoms with van der Waals surface area (Å²) in [6.45, 7) is 13.7. The molecule has 1 aliphatic rings. The van der Waals surface area contributed by atoms with E-state index >= 15 is 0 Å². The number of aryl methyl sites for hydroxylation is 1. The molecule has 0 unspecified atom stereocenters. The van der Waals surface area contributed by atoms with Crippen LogP contribution in [0.1, 0.15) is 65.2 Å². The second-order valence-corrected chi connectivity index (χ2v) is 7.97. The minimum Gasteiger partial charge on any atom is -0.369 e. The number of rotatable bonds is 0. The molecular weight excluding hydrogens is 232 g/mol.